The van der Waals surface area contributed by atoms with E-state index < -0.39 is 0 Å². The molecule has 0 aromatic heterocycles. The minimum absolute atomic E-state index is 0. The van der Waals surface area contributed by atoms with Gasteiger partial charge in [-0.25, -0.2) is 0 Å². The van der Waals surface area contributed by atoms with E-state index in [0.29, 0.717) is 0 Å². The minimum atomic E-state index is 0. The van der Waals surface area contributed by atoms with E-state index in [9.17, 15) is 0 Å². The van der Waals surface area contributed by atoms with Gasteiger partial charge in [0, 0.05) is 29.0 Å². The van der Waals surface area contributed by atoms with E-state index in [4.69, 9.17) is 5.11 Å². The molecule has 1 nitrogen and oxygen atoms in total. The molecule has 0 aromatic rings. The minimum Gasteiger partial charge on any atom is -0.397 e. The average molecular weight is 263 g/mol. The number of hydrogen-bond acceptors (Lipinski definition) is 1. The fourth-order valence-electron chi connectivity index (χ4n) is 0. The molecule has 0 spiro atoms. The number of aliphatic hydroxyl groups is 1. The largest absolute Gasteiger partial charge is 0.397 e. The first-order valence-corrected chi connectivity index (χ1v) is 1.02. The third kappa shape index (κ3) is 45.5. The molecule has 0 bridgehead atoms. The monoisotopic (exact) mass is 263 g/mol. The molecule has 1 N–H and O–H groups in total. The van der Waals surface area contributed by atoms with Crippen LogP contribution in [0.1, 0.15) is 6.92 Å². The first kappa shape index (κ1) is 16.7. The van der Waals surface area contributed by atoms with Crippen molar-refractivity contribution in [1.29, 1.82) is 0 Å². The molecular formula is C2H7ClOTa. The van der Waals surface area contributed by atoms with Crippen LogP contribution >= 0.6 is 12.4 Å². The number of aliphatic hydroxyl groups excluding tert-OH is 1. The van der Waals surface area contributed by atoms with Crippen LogP contribution in [0.2, 0.25) is 0 Å². The van der Waals surface area contributed by atoms with E-state index in [0.717, 1.165) is 0 Å². The summed E-state index contributed by atoms with van der Waals surface area (Å²) in [4.78, 5) is 0. The van der Waals surface area contributed by atoms with Crippen LogP contribution in [0.5, 0.6) is 0 Å². The van der Waals surface area contributed by atoms with Gasteiger partial charge in [-0.15, -0.1) is 12.4 Å². The third-order valence-electron chi connectivity index (χ3n) is 0. The zero-order valence-electron chi connectivity index (χ0n) is 3.01. The van der Waals surface area contributed by atoms with Gasteiger partial charge in [-0.2, -0.15) is 0 Å². The van der Waals surface area contributed by atoms with E-state index in [1.807, 2.05) is 0 Å². The Hall–Kier alpha value is 0.990. The van der Waals surface area contributed by atoms with Crippen LogP contribution in [0, 0.1) is 0 Å². The number of hydrogen-bond donors (Lipinski definition) is 1. The Bertz CT molecular complexity index is 9.61. The molecule has 0 saturated heterocycles. The second-order valence-electron chi connectivity index (χ2n) is 0.316. The molecule has 33 valence electrons. The molecule has 0 saturated carbocycles. The summed E-state index contributed by atoms with van der Waals surface area (Å²) in [6, 6.07) is 0. The van der Waals surface area contributed by atoms with Crippen LogP contribution in [0.3, 0.4) is 0 Å². The normalized spacial score (nSPS) is 3.60. The maximum Gasteiger partial charge on any atom is 0.0402 e. The van der Waals surface area contributed by atoms with Gasteiger partial charge in [-0.1, -0.05) is 0 Å². The van der Waals surface area contributed by atoms with Crippen LogP contribution in [0.25, 0.3) is 0 Å². The Kier molecular flexibility index (Phi) is 66.9. The van der Waals surface area contributed by atoms with Crippen molar-refractivity contribution in [3.63, 3.8) is 0 Å². The summed E-state index contributed by atoms with van der Waals surface area (Å²) in [5.41, 5.74) is 0. The molecule has 0 atom stereocenters. The fourth-order valence-corrected chi connectivity index (χ4v) is 0. The van der Waals surface area contributed by atoms with Gasteiger partial charge in [0.1, 0.15) is 0 Å². The Morgan fingerprint density at radius 2 is 1.60 bits per heavy atom. The fraction of sp³-hybridized carbons (Fsp3) is 1.00. The van der Waals surface area contributed by atoms with Gasteiger partial charge in [0.15, 0.2) is 0 Å². The first-order chi connectivity index (χ1) is 1.41. The first-order valence-electron chi connectivity index (χ1n) is 1.02. The van der Waals surface area contributed by atoms with Crippen molar-refractivity contribution in [2.75, 3.05) is 6.61 Å². The summed E-state index contributed by atoms with van der Waals surface area (Å²) < 4.78 is 0. The molecule has 0 fully saturated rings. The molecule has 5 heavy (non-hydrogen) atoms. The number of rotatable bonds is 0. The topological polar surface area (TPSA) is 20.2 Å². The van der Waals surface area contributed by atoms with Gasteiger partial charge in [0.05, 0.1) is 0 Å². The van der Waals surface area contributed by atoms with Gasteiger partial charge in [-0.3, -0.25) is 0 Å². The Labute approximate surface area is 53.7 Å². The van der Waals surface area contributed by atoms with E-state index in [1.54, 1.807) is 6.92 Å². The zero-order chi connectivity index (χ0) is 2.71. The van der Waals surface area contributed by atoms with Gasteiger partial charge in [0.25, 0.3) is 0 Å². The predicted octanol–water partition coefficient (Wildman–Crippen LogP) is 0.418. The van der Waals surface area contributed by atoms with Crippen molar-refractivity contribution in [2.24, 2.45) is 0 Å². The molecule has 0 unspecified atom stereocenters. The molecule has 1 radical (unpaired) electrons. The van der Waals surface area contributed by atoms with Crippen LogP contribution in [-0.4, -0.2) is 11.7 Å². The smallest absolute Gasteiger partial charge is 0.0402 e. The summed E-state index contributed by atoms with van der Waals surface area (Å²) in [6.45, 7) is 1.93. The van der Waals surface area contributed by atoms with Crippen molar-refractivity contribution in [3.8, 4) is 0 Å². The quantitative estimate of drug-likeness (QED) is 0.671. The summed E-state index contributed by atoms with van der Waals surface area (Å²) in [5, 5.41) is 7.57. The molecule has 0 aromatic carbocycles. The maximum atomic E-state index is 7.57. The molecular weight excluding hydrogens is 256 g/mol. The maximum absolute atomic E-state index is 7.57. The Morgan fingerprint density at radius 3 is 1.60 bits per heavy atom. The molecule has 0 rings (SSSR count). The molecule has 3 heteroatoms. The van der Waals surface area contributed by atoms with Crippen molar-refractivity contribution < 1.29 is 27.5 Å². The van der Waals surface area contributed by atoms with E-state index >= 15 is 0 Å². The summed E-state index contributed by atoms with van der Waals surface area (Å²) >= 11 is 0. The van der Waals surface area contributed by atoms with Crippen molar-refractivity contribution >= 4 is 12.4 Å². The standard InChI is InChI=1S/C2H6O.ClH.Ta/c1-2-3;;/h3H,2H2,1H3;1H;. The van der Waals surface area contributed by atoms with Crippen molar-refractivity contribution in [2.45, 2.75) is 6.92 Å². The van der Waals surface area contributed by atoms with Crippen molar-refractivity contribution in [1.82, 2.24) is 0 Å². The second kappa shape index (κ2) is 20.1. The van der Waals surface area contributed by atoms with Gasteiger partial charge >= 0.3 is 0 Å². The zero-order valence-corrected chi connectivity index (χ0v) is 7.04. The molecule has 0 aliphatic carbocycles. The van der Waals surface area contributed by atoms with Crippen LogP contribution in [0.4, 0.5) is 0 Å². The van der Waals surface area contributed by atoms with E-state index in [2.05, 4.69) is 0 Å². The molecule has 0 amide bonds. The third-order valence-corrected chi connectivity index (χ3v) is 0. The van der Waals surface area contributed by atoms with Gasteiger partial charge < -0.3 is 5.11 Å². The predicted molar refractivity (Wildman–Crippen MR) is 20.0 cm³/mol. The molecule has 0 heterocycles. The van der Waals surface area contributed by atoms with E-state index in [1.165, 1.54) is 0 Å². The molecule has 0 aliphatic rings. The van der Waals surface area contributed by atoms with Crippen LogP contribution in [0.15, 0.2) is 0 Å². The SMILES string of the molecule is CCO.Cl.[Ta]. The summed E-state index contributed by atoms with van der Waals surface area (Å²) in [7, 11) is 0. The van der Waals surface area contributed by atoms with Gasteiger partial charge in [-0.05, 0) is 6.92 Å². The summed E-state index contributed by atoms with van der Waals surface area (Å²) in [5.74, 6) is 0. The average Bonchev–Trinajstić information content (AvgIpc) is 0.918. The Morgan fingerprint density at radius 1 is 1.60 bits per heavy atom. The second-order valence-corrected chi connectivity index (χ2v) is 0.316. The number of halogens is 1. The van der Waals surface area contributed by atoms with Crippen LogP contribution < -0.4 is 0 Å². The van der Waals surface area contributed by atoms with Crippen molar-refractivity contribution in [3.05, 3.63) is 0 Å². The molecule has 0 aliphatic heterocycles. The van der Waals surface area contributed by atoms with Crippen LogP contribution in [-0.2, 0) is 22.4 Å². The van der Waals surface area contributed by atoms with Gasteiger partial charge in [0.2, 0.25) is 0 Å². The summed E-state index contributed by atoms with van der Waals surface area (Å²) in [6.07, 6.45) is 0. The van der Waals surface area contributed by atoms with E-state index in [-0.39, 0.29) is 41.4 Å². The Balaban J connectivity index is -0.0000000200.